The first-order valence-electron chi connectivity index (χ1n) is 8.74. The molecule has 138 valence electrons. The van der Waals surface area contributed by atoms with Crippen LogP contribution in [-0.2, 0) is 19.1 Å². The number of benzene rings is 1. The molecule has 2 amide bonds. The number of halogens is 1. The summed E-state index contributed by atoms with van der Waals surface area (Å²) < 4.78 is 18.6. The lowest BCUT2D eigenvalue weighted by Gasteiger charge is -2.22. The smallest absolute Gasteiger partial charge is 0.314 e. The molecule has 1 heterocycles. The van der Waals surface area contributed by atoms with E-state index in [2.05, 4.69) is 0 Å². The van der Waals surface area contributed by atoms with Crippen molar-refractivity contribution >= 4 is 23.5 Å². The molecule has 1 aliphatic carbocycles. The maximum atomic E-state index is 13.2. The van der Waals surface area contributed by atoms with Gasteiger partial charge in [-0.1, -0.05) is 6.92 Å². The number of rotatable bonds is 6. The Morgan fingerprint density at radius 3 is 2.27 bits per heavy atom. The molecular weight excluding hydrogens is 339 g/mol. The van der Waals surface area contributed by atoms with Crippen LogP contribution in [0.25, 0.3) is 0 Å². The zero-order valence-corrected chi connectivity index (χ0v) is 15.0. The van der Waals surface area contributed by atoms with Gasteiger partial charge in [-0.25, -0.2) is 9.29 Å². The molecule has 6 nitrogen and oxygen atoms in total. The van der Waals surface area contributed by atoms with Crippen molar-refractivity contribution in [2.24, 2.45) is 11.8 Å². The highest BCUT2D eigenvalue weighted by Gasteiger charge is 2.47. The van der Waals surface area contributed by atoms with E-state index >= 15 is 0 Å². The molecule has 26 heavy (non-hydrogen) atoms. The second-order valence-electron chi connectivity index (χ2n) is 6.51. The van der Waals surface area contributed by atoms with Gasteiger partial charge >= 0.3 is 11.9 Å². The number of ether oxygens (including phenoxy) is 1. The zero-order chi connectivity index (χ0) is 19.0. The average Bonchev–Trinajstić information content (AvgIpc) is 3.31. The molecule has 0 N–H and O–H groups in total. The minimum Gasteiger partial charge on any atom is -0.418 e. The molecule has 0 bridgehead atoms. The molecule has 1 aliphatic heterocycles. The van der Waals surface area contributed by atoms with E-state index < -0.39 is 23.6 Å². The lowest BCUT2D eigenvalue weighted by molar-refractivity contribution is -0.144. The van der Waals surface area contributed by atoms with E-state index in [-0.39, 0.29) is 29.0 Å². The Hall–Kier alpha value is -2.70. The number of anilines is 1. The van der Waals surface area contributed by atoms with Crippen molar-refractivity contribution in [2.75, 3.05) is 18.0 Å². The first-order chi connectivity index (χ1) is 12.4. The number of nitrogens with zero attached hydrogens (tertiary/aromatic N) is 2. The van der Waals surface area contributed by atoms with Crippen LogP contribution in [0.15, 0.2) is 35.7 Å². The zero-order valence-electron chi connectivity index (χ0n) is 15.0. The van der Waals surface area contributed by atoms with E-state index in [0.717, 1.165) is 11.3 Å². The first kappa shape index (κ1) is 18.1. The Bertz CT molecular complexity index is 783. The number of esters is 1. The van der Waals surface area contributed by atoms with Crippen LogP contribution in [0.2, 0.25) is 0 Å². The second kappa shape index (κ2) is 6.90. The third-order valence-corrected chi connectivity index (χ3v) is 4.80. The topological polar surface area (TPSA) is 66.9 Å². The van der Waals surface area contributed by atoms with Gasteiger partial charge in [0.15, 0.2) is 5.70 Å². The first-order valence-corrected chi connectivity index (χ1v) is 8.74. The maximum absolute atomic E-state index is 13.2. The van der Waals surface area contributed by atoms with Crippen LogP contribution in [0.4, 0.5) is 10.1 Å². The molecular formula is C19H21FN2O4. The molecule has 1 aromatic carbocycles. The summed E-state index contributed by atoms with van der Waals surface area (Å²) in [6, 6.07) is 5.03. The van der Waals surface area contributed by atoms with Gasteiger partial charge in [-0.15, -0.1) is 0 Å². The highest BCUT2D eigenvalue weighted by molar-refractivity contribution is 6.32. The summed E-state index contributed by atoms with van der Waals surface area (Å²) in [6.07, 6.45) is 0.719. The second-order valence-corrected chi connectivity index (χ2v) is 6.51. The molecule has 0 aromatic heterocycles. The van der Waals surface area contributed by atoms with Gasteiger partial charge in [0, 0.05) is 13.1 Å². The maximum Gasteiger partial charge on any atom is 0.314 e. The number of carbonyl (C=O) groups is 3. The number of hydrogen-bond donors (Lipinski definition) is 0. The Morgan fingerprint density at radius 1 is 1.19 bits per heavy atom. The van der Waals surface area contributed by atoms with Crippen LogP contribution in [-0.4, -0.2) is 35.8 Å². The number of amides is 2. The molecule has 0 unspecified atom stereocenters. The van der Waals surface area contributed by atoms with E-state index in [1.165, 1.54) is 24.3 Å². The van der Waals surface area contributed by atoms with Gasteiger partial charge in [-0.3, -0.25) is 14.4 Å². The molecule has 1 fully saturated rings. The van der Waals surface area contributed by atoms with E-state index in [1.54, 1.807) is 4.90 Å². The molecule has 3 rings (SSSR count). The predicted molar refractivity (Wildman–Crippen MR) is 92.2 cm³/mol. The van der Waals surface area contributed by atoms with Crippen molar-refractivity contribution in [3.8, 4) is 0 Å². The van der Waals surface area contributed by atoms with E-state index in [1.807, 2.05) is 20.8 Å². The number of carbonyl (C=O) groups excluding carboxylic acids is 3. The molecule has 2 aliphatic rings. The summed E-state index contributed by atoms with van der Waals surface area (Å²) in [5.74, 6) is -2.49. The third-order valence-electron chi connectivity index (χ3n) is 4.80. The summed E-state index contributed by atoms with van der Waals surface area (Å²) in [5.41, 5.74) is 0.308. The average molecular weight is 360 g/mol. The molecule has 0 saturated heterocycles. The standard InChI is InChI=1S/C19H21FN2O4/c1-4-21(5-2)15-16(26-19(25)14-10-11(14)3)18(24)22(17(15)23)13-8-6-12(20)7-9-13/h6-9,11,14H,4-5,10H2,1-3H3/t11-,14+/m0/s1. The Morgan fingerprint density at radius 2 is 1.77 bits per heavy atom. The molecule has 2 atom stereocenters. The fourth-order valence-corrected chi connectivity index (χ4v) is 3.06. The Balaban J connectivity index is 1.97. The molecule has 0 spiro atoms. The van der Waals surface area contributed by atoms with Crippen LogP contribution in [0, 0.1) is 17.7 Å². The normalized spacial score (nSPS) is 22.1. The van der Waals surface area contributed by atoms with Gasteiger partial charge in [0.05, 0.1) is 11.6 Å². The number of hydrogen-bond acceptors (Lipinski definition) is 5. The molecule has 0 radical (unpaired) electrons. The van der Waals surface area contributed by atoms with Gasteiger partial charge < -0.3 is 9.64 Å². The van der Waals surface area contributed by atoms with Gasteiger partial charge in [-0.05, 0) is 50.5 Å². The quantitative estimate of drug-likeness (QED) is 0.576. The van der Waals surface area contributed by atoms with Crippen LogP contribution >= 0.6 is 0 Å². The summed E-state index contributed by atoms with van der Waals surface area (Å²) >= 11 is 0. The van der Waals surface area contributed by atoms with Crippen LogP contribution in [0.5, 0.6) is 0 Å². The van der Waals surface area contributed by atoms with E-state index in [0.29, 0.717) is 13.1 Å². The minimum absolute atomic E-state index is 0.0750. The monoisotopic (exact) mass is 360 g/mol. The minimum atomic E-state index is -0.704. The SMILES string of the molecule is CCN(CC)C1=C(OC(=O)[C@@H]2C[C@@H]2C)C(=O)N(c2ccc(F)cc2)C1=O. The summed E-state index contributed by atoms with van der Waals surface area (Å²) in [4.78, 5) is 40.6. The molecule has 1 saturated carbocycles. The summed E-state index contributed by atoms with van der Waals surface area (Å²) in [5, 5.41) is 0. The Labute approximate surface area is 151 Å². The fraction of sp³-hybridized carbons (Fsp3) is 0.421. The predicted octanol–water partition coefficient (Wildman–Crippen LogP) is 2.45. The van der Waals surface area contributed by atoms with Crippen molar-refractivity contribution in [1.29, 1.82) is 0 Å². The van der Waals surface area contributed by atoms with Crippen LogP contribution < -0.4 is 4.90 Å². The molecule has 1 aromatic rings. The highest BCUT2D eigenvalue weighted by atomic mass is 19.1. The van der Waals surface area contributed by atoms with Gasteiger partial charge in [0.25, 0.3) is 5.91 Å². The summed E-state index contributed by atoms with van der Waals surface area (Å²) in [6.45, 7) is 6.57. The summed E-state index contributed by atoms with van der Waals surface area (Å²) in [7, 11) is 0. The largest absolute Gasteiger partial charge is 0.418 e. The van der Waals surface area contributed by atoms with Crippen molar-refractivity contribution in [3.63, 3.8) is 0 Å². The van der Waals surface area contributed by atoms with Gasteiger partial charge in [0.2, 0.25) is 5.76 Å². The van der Waals surface area contributed by atoms with Gasteiger partial charge in [-0.2, -0.15) is 0 Å². The van der Waals surface area contributed by atoms with Gasteiger partial charge in [0.1, 0.15) is 5.82 Å². The van der Waals surface area contributed by atoms with Crippen molar-refractivity contribution < 1.29 is 23.5 Å². The number of likely N-dealkylation sites (N-methyl/N-ethyl adjacent to an activating group) is 1. The van der Waals surface area contributed by atoms with Crippen molar-refractivity contribution in [3.05, 3.63) is 41.5 Å². The highest BCUT2D eigenvalue weighted by Crippen LogP contribution is 2.40. The van der Waals surface area contributed by atoms with Crippen LogP contribution in [0.3, 0.4) is 0 Å². The van der Waals surface area contributed by atoms with Crippen molar-refractivity contribution in [1.82, 2.24) is 4.90 Å². The van der Waals surface area contributed by atoms with E-state index in [4.69, 9.17) is 4.74 Å². The van der Waals surface area contributed by atoms with E-state index in [9.17, 15) is 18.8 Å². The fourth-order valence-electron chi connectivity index (χ4n) is 3.06. The number of imide groups is 1. The third kappa shape index (κ3) is 3.09. The van der Waals surface area contributed by atoms with Crippen molar-refractivity contribution in [2.45, 2.75) is 27.2 Å². The lowest BCUT2D eigenvalue weighted by Crippen LogP contribution is -2.35. The van der Waals surface area contributed by atoms with Crippen LogP contribution in [0.1, 0.15) is 27.2 Å². The lowest BCUT2D eigenvalue weighted by atomic mass is 10.3. The Kier molecular flexibility index (Phi) is 4.80. The molecule has 7 heteroatoms.